The first-order chi connectivity index (χ1) is 12.3. The lowest BCUT2D eigenvalue weighted by Gasteiger charge is -2.10. The quantitative estimate of drug-likeness (QED) is 0.505. The maximum absolute atomic E-state index is 5.88. The molecule has 0 spiro atoms. The van der Waals surface area contributed by atoms with Crippen LogP contribution < -0.4 is 10.1 Å². The Morgan fingerprint density at radius 1 is 0.760 bits per heavy atom. The highest BCUT2D eigenvalue weighted by molar-refractivity contribution is 6.30. The van der Waals surface area contributed by atoms with Crippen molar-refractivity contribution < 1.29 is 4.74 Å². The number of nitrogens with one attached hydrogen (secondary N) is 1. The highest BCUT2D eigenvalue weighted by Crippen LogP contribution is 2.27. The number of fused-ring (bicyclic) bond motifs is 1. The van der Waals surface area contributed by atoms with Gasteiger partial charge in [-0.2, -0.15) is 0 Å². The number of anilines is 2. The van der Waals surface area contributed by atoms with Crippen molar-refractivity contribution in [1.29, 1.82) is 0 Å². The van der Waals surface area contributed by atoms with Gasteiger partial charge in [0.2, 0.25) is 0 Å². The molecular weight excluding hydrogens is 334 g/mol. The second-order valence-electron chi connectivity index (χ2n) is 5.44. The van der Waals surface area contributed by atoms with E-state index in [1.807, 2.05) is 60.7 Å². The zero-order valence-electron chi connectivity index (χ0n) is 13.2. The SMILES string of the molecule is Clc1ccc(Oc2ccc(Nc3ncnc4ccccc34)cc2)cc1. The lowest BCUT2D eigenvalue weighted by atomic mass is 10.2. The predicted octanol–water partition coefficient (Wildman–Crippen LogP) is 5.82. The summed E-state index contributed by atoms with van der Waals surface area (Å²) >= 11 is 5.88. The van der Waals surface area contributed by atoms with Crippen molar-refractivity contribution in [3.05, 3.63) is 84.1 Å². The fourth-order valence-corrected chi connectivity index (χ4v) is 2.61. The minimum Gasteiger partial charge on any atom is -0.457 e. The summed E-state index contributed by atoms with van der Waals surface area (Å²) in [6, 6.07) is 22.9. The minimum atomic E-state index is 0.684. The van der Waals surface area contributed by atoms with Crippen LogP contribution in [0.3, 0.4) is 0 Å². The summed E-state index contributed by atoms with van der Waals surface area (Å²) in [6.45, 7) is 0. The van der Waals surface area contributed by atoms with Crippen molar-refractivity contribution in [2.75, 3.05) is 5.32 Å². The van der Waals surface area contributed by atoms with E-state index >= 15 is 0 Å². The van der Waals surface area contributed by atoms with Crippen LogP contribution in [0.25, 0.3) is 10.9 Å². The van der Waals surface area contributed by atoms with E-state index in [4.69, 9.17) is 16.3 Å². The van der Waals surface area contributed by atoms with Crippen molar-refractivity contribution in [2.24, 2.45) is 0 Å². The summed E-state index contributed by atoms with van der Waals surface area (Å²) in [5.41, 5.74) is 1.83. The molecule has 0 saturated heterocycles. The monoisotopic (exact) mass is 347 g/mol. The Bertz CT molecular complexity index is 996. The summed E-state index contributed by atoms with van der Waals surface area (Å²) in [5, 5.41) is 4.98. The second kappa shape index (κ2) is 6.79. The number of ether oxygens (including phenoxy) is 1. The third-order valence-electron chi connectivity index (χ3n) is 3.71. The summed E-state index contributed by atoms with van der Waals surface area (Å²) in [4.78, 5) is 8.60. The van der Waals surface area contributed by atoms with Gasteiger partial charge in [0.05, 0.1) is 5.52 Å². The molecule has 0 radical (unpaired) electrons. The van der Waals surface area contributed by atoms with Crippen LogP contribution >= 0.6 is 11.6 Å². The number of hydrogen-bond donors (Lipinski definition) is 1. The van der Waals surface area contributed by atoms with Gasteiger partial charge >= 0.3 is 0 Å². The van der Waals surface area contributed by atoms with E-state index in [1.165, 1.54) is 0 Å². The summed E-state index contributed by atoms with van der Waals surface area (Å²) in [5.74, 6) is 2.27. The van der Waals surface area contributed by atoms with Crippen molar-refractivity contribution in [2.45, 2.75) is 0 Å². The van der Waals surface area contributed by atoms with Gasteiger partial charge in [-0.1, -0.05) is 23.7 Å². The molecule has 0 bridgehead atoms. The van der Waals surface area contributed by atoms with Crippen LogP contribution in [0.15, 0.2) is 79.1 Å². The Labute approximate surface area is 150 Å². The molecule has 3 aromatic carbocycles. The Morgan fingerprint density at radius 3 is 2.20 bits per heavy atom. The fourth-order valence-electron chi connectivity index (χ4n) is 2.49. The average Bonchev–Trinajstić information content (AvgIpc) is 2.65. The maximum Gasteiger partial charge on any atom is 0.141 e. The Kier molecular flexibility index (Phi) is 4.19. The molecule has 0 unspecified atom stereocenters. The Hall–Kier alpha value is -3.11. The fraction of sp³-hybridized carbons (Fsp3) is 0. The Balaban J connectivity index is 1.53. The molecule has 25 heavy (non-hydrogen) atoms. The highest BCUT2D eigenvalue weighted by atomic mass is 35.5. The van der Waals surface area contributed by atoms with Gasteiger partial charge in [-0.15, -0.1) is 0 Å². The van der Waals surface area contributed by atoms with Crippen LogP contribution in [0.2, 0.25) is 5.02 Å². The molecule has 5 heteroatoms. The first-order valence-electron chi connectivity index (χ1n) is 7.78. The third kappa shape index (κ3) is 3.54. The van der Waals surface area contributed by atoms with Crippen LogP contribution in [-0.4, -0.2) is 9.97 Å². The number of hydrogen-bond acceptors (Lipinski definition) is 4. The van der Waals surface area contributed by atoms with Gasteiger partial charge in [0.15, 0.2) is 0 Å². The van der Waals surface area contributed by atoms with E-state index in [-0.39, 0.29) is 0 Å². The van der Waals surface area contributed by atoms with Crippen LogP contribution in [-0.2, 0) is 0 Å². The zero-order valence-corrected chi connectivity index (χ0v) is 13.9. The van der Waals surface area contributed by atoms with Gasteiger partial charge < -0.3 is 10.1 Å². The van der Waals surface area contributed by atoms with E-state index in [9.17, 15) is 0 Å². The molecule has 4 nitrogen and oxygen atoms in total. The van der Waals surface area contributed by atoms with Crippen LogP contribution in [0.4, 0.5) is 11.5 Å². The standard InChI is InChI=1S/C20H14ClN3O/c21-14-5-9-16(10-6-14)25-17-11-7-15(8-12-17)24-20-18-3-1-2-4-19(18)22-13-23-20/h1-13H,(H,22,23,24). The van der Waals surface area contributed by atoms with Gasteiger partial charge in [-0.05, 0) is 60.7 Å². The van der Waals surface area contributed by atoms with Crippen molar-refractivity contribution in [3.63, 3.8) is 0 Å². The second-order valence-corrected chi connectivity index (χ2v) is 5.88. The zero-order chi connectivity index (χ0) is 17.1. The van der Waals surface area contributed by atoms with Crippen molar-refractivity contribution in [1.82, 2.24) is 9.97 Å². The third-order valence-corrected chi connectivity index (χ3v) is 3.96. The average molecular weight is 348 g/mol. The first kappa shape index (κ1) is 15.4. The summed E-state index contributed by atoms with van der Waals surface area (Å²) in [7, 11) is 0. The summed E-state index contributed by atoms with van der Waals surface area (Å²) in [6.07, 6.45) is 1.56. The van der Waals surface area contributed by atoms with Crippen LogP contribution in [0.5, 0.6) is 11.5 Å². The topological polar surface area (TPSA) is 47.0 Å². The minimum absolute atomic E-state index is 0.684. The molecule has 1 aromatic heterocycles. The van der Waals surface area contributed by atoms with E-state index < -0.39 is 0 Å². The highest BCUT2D eigenvalue weighted by Gasteiger charge is 2.04. The molecule has 0 atom stereocenters. The van der Waals surface area contributed by atoms with Crippen LogP contribution in [0.1, 0.15) is 0 Å². The lowest BCUT2D eigenvalue weighted by Crippen LogP contribution is -1.95. The molecule has 4 rings (SSSR count). The molecule has 4 aromatic rings. The van der Waals surface area contributed by atoms with E-state index in [1.54, 1.807) is 18.5 Å². The molecule has 1 N–H and O–H groups in total. The van der Waals surface area contributed by atoms with Gasteiger partial charge in [0.1, 0.15) is 23.6 Å². The number of rotatable bonds is 4. The number of halogens is 1. The van der Waals surface area contributed by atoms with Crippen LogP contribution in [0, 0.1) is 0 Å². The number of nitrogens with zero attached hydrogens (tertiary/aromatic N) is 2. The molecule has 0 saturated carbocycles. The molecular formula is C20H14ClN3O. The van der Waals surface area contributed by atoms with E-state index in [0.717, 1.165) is 33.9 Å². The predicted molar refractivity (Wildman–Crippen MR) is 101 cm³/mol. The molecule has 122 valence electrons. The molecule has 0 aliphatic rings. The molecule has 0 amide bonds. The lowest BCUT2D eigenvalue weighted by molar-refractivity contribution is 0.483. The molecule has 0 fully saturated rings. The van der Waals surface area contributed by atoms with Crippen molar-refractivity contribution in [3.8, 4) is 11.5 Å². The van der Waals surface area contributed by atoms with E-state index in [0.29, 0.717) is 5.02 Å². The number of aromatic nitrogens is 2. The van der Waals surface area contributed by atoms with Gasteiger partial charge in [0, 0.05) is 16.1 Å². The largest absolute Gasteiger partial charge is 0.457 e. The maximum atomic E-state index is 5.88. The molecule has 0 aliphatic heterocycles. The Morgan fingerprint density at radius 2 is 1.44 bits per heavy atom. The normalized spacial score (nSPS) is 10.6. The van der Waals surface area contributed by atoms with Gasteiger partial charge in [-0.25, -0.2) is 9.97 Å². The molecule has 1 heterocycles. The smallest absolute Gasteiger partial charge is 0.141 e. The van der Waals surface area contributed by atoms with Crippen molar-refractivity contribution >= 4 is 34.0 Å². The number of para-hydroxylation sites is 1. The van der Waals surface area contributed by atoms with Gasteiger partial charge in [-0.3, -0.25) is 0 Å². The van der Waals surface area contributed by atoms with Gasteiger partial charge in [0.25, 0.3) is 0 Å². The van der Waals surface area contributed by atoms with E-state index in [2.05, 4.69) is 15.3 Å². The first-order valence-corrected chi connectivity index (χ1v) is 8.16. The number of benzene rings is 3. The summed E-state index contributed by atoms with van der Waals surface area (Å²) < 4.78 is 5.80. The molecule has 0 aliphatic carbocycles.